The van der Waals surface area contributed by atoms with Gasteiger partial charge < -0.3 is 4.74 Å². The summed E-state index contributed by atoms with van der Waals surface area (Å²) in [5.41, 5.74) is 2.04. The van der Waals surface area contributed by atoms with E-state index in [-0.39, 0.29) is 0 Å². The van der Waals surface area contributed by atoms with Gasteiger partial charge in [0, 0.05) is 5.57 Å². The lowest BCUT2D eigenvalue weighted by Gasteiger charge is -2.10. The fraction of sp³-hybridized carbons (Fsp3) is 0.231. The number of ether oxygens (including phenoxy) is 1. The zero-order chi connectivity index (χ0) is 11.0. The Balaban J connectivity index is 5.25. The second-order valence-electron chi connectivity index (χ2n) is 2.62. The van der Waals surface area contributed by atoms with Crippen LogP contribution in [0, 0.1) is 0 Å². The highest BCUT2D eigenvalue weighted by Crippen LogP contribution is 2.20. The fourth-order valence-corrected chi connectivity index (χ4v) is 1.21. The van der Waals surface area contributed by atoms with Gasteiger partial charge in [0.05, 0.1) is 7.11 Å². The third-order valence-corrected chi connectivity index (χ3v) is 1.87. The van der Waals surface area contributed by atoms with Gasteiger partial charge in [0.2, 0.25) is 0 Å². The number of methoxy groups -OCH3 is 1. The van der Waals surface area contributed by atoms with Crippen molar-refractivity contribution in [3.05, 3.63) is 60.4 Å². The fourth-order valence-electron chi connectivity index (χ4n) is 1.21. The number of hydrogen-bond acceptors (Lipinski definition) is 1. The summed E-state index contributed by atoms with van der Waals surface area (Å²) in [4.78, 5) is 0. The van der Waals surface area contributed by atoms with E-state index in [2.05, 4.69) is 13.2 Å². The van der Waals surface area contributed by atoms with Crippen LogP contribution in [-0.4, -0.2) is 7.11 Å². The van der Waals surface area contributed by atoms with E-state index in [1.807, 2.05) is 32.1 Å². The molecule has 1 nitrogen and oxygen atoms in total. The minimum Gasteiger partial charge on any atom is -0.496 e. The maximum atomic E-state index is 5.26. The molecule has 14 heavy (non-hydrogen) atoms. The first-order valence-corrected chi connectivity index (χ1v) is 4.57. The van der Waals surface area contributed by atoms with Crippen molar-refractivity contribution in [2.75, 3.05) is 7.11 Å². The van der Waals surface area contributed by atoms with Crippen molar-refractivity contribution in [1.82, 2.24) is 0 Å². The summed E-state index contributed by atoms with van der Waals surface area (Å²) < 4.78 is 5.26. The van der Waals surface area contributed by atoms with E-state index in [0.717, 1.165) is 16.9 Å². The van der Waals surface area contributed by atoms with E-state index < -0.39 is 0 Å². The van der Waals surface area contributed by atoms with Gasteiger partial charge in [0.25, 0.3) is 0 Å². The molecule has 0 aliphatic heterocycles. The number of rotatable bonds is 5. The molecule has 0 aromatic carbocycles. The van der Waals surface area contributed by atoms with Crippen LogP contribution in [0.3, 0.4) is 0 Å². The Kier molecular flexibility index (Phi) is 6.21. The standard InChI is InChI=1S/C13H18O/c1-6-10-12(11(7-2)8-3)13(9-4)14-5/h6-10H,1-2H2,3-5H3/b11-8-,12-10+,13-9+. The molecular weight excluding hydrogens is 172 g/mol. The molecule has 76 valence electrons. The Morgan fingerprint density at radius 3 is 2.07 bits per heavy atom. The van der Waals surface area contributed by atoms with Crippen LogP contribution in [0.2, 0.25) is 0 Å². The highest BCUT2D eigenvalue weighted by Gasteiger charge is 2.05. The molecule has 0 saturated carbocycles. The predicted octanol–water partition coefficient (Wildman–Crippen LogP) is 3.78. The molecule has 0 aromatic rings. The van der Waals surface area contributed by atoms with Gasteiger partial charge in [-0.25, -0.2) is 0 Å². The van der Waals surface area contributed by atoms with Crippen molar-refractivity contribution >= 4 is 0 Å². The van der Waals surface area contributed by atoms with Gasteiger partial charge in [-0.2, -0.15) is 0 Å². The topological polar surface area (TPSA) is 9.23 Å². The Morgan fingerprint density at radius 2 is 1.79 bits per heavy atom. The van der Waals surface area contributed by atoms with Gasteiger partial charge in [-0.05, 0) is 25.5 Å². The molecule has 0 heterocycles. The molecule has 0 fully saturated rings. The predicted molar refractivity (Wildman–Crippen MR) is 63.0 cm³/mol. The summed E-state index contributed by atoms with van der Waals surface area (Å²) in [5.74, 6) is 0.831. The molecule has 0 aliphatic rings. The SMILES string of the molecule is C=C/C=C(C(\C=C)=C/C)/C(=C\C)OC. The van der Waals surface area contributed by atoms with E-state index in [9.17, 15) is 0 Å². The van der Waals surface area contributed by atoms with Gasteiger partial charge in [-0.3, -0.25) is 0 Å². The molecule has 0 aliphatic carbocycles. The van der Waals surface area contributed by atoms with Crippen molar-refractivity contribution in [3.63, 3.8) is 0 Å². The first-order valence-electron chi connectivity index (χ1n) is 4.57. The number of allylic oxidation sites excluding steroid dienone is 6. The van der Waals surface area contributed by atoms with E-state index in [1.54, 1.807) is 19.3 Å². The molecule has 0 rings (SSSR count). The van der Waals surface area contributed by atoms with E-state index in [4.69, 9.17) is 4.74 Å². The average molecular weight is 190 g/mol. The van der Waals surface area contributed by atoms with Crippen LogP contribution in [0.15, 0.2) is 60.4 Å². The van der Waals surface area contributed by atoms with Crippen LogP contribution in [-0.2, 0) is 4.74 Å². The lowest BCUT2D eigenvalue weighted by atomic mass is 10.0. The Morgan fingerprint density at radius 1 is 1.14 bits per heavy atom. The van der Waals surface area contributed by atoms with Crippen molar-refractivity contribution in [2.45, 2.75) is 13.8 Å². The monoisotopic (exact) mass is 190 g/mol. The van der Waals surface area contributed by atoms with Crippen molar-refractivity contribution in [3.8, 4) is 0 Å². The highest BCUT2D eigenvalue weighted by molar-refractivity contribution is 5.50. The van der Waals surface area contributed by atoms with Crippen LogP contribution in [0.25, 0.3) is 0 Å². The third-order valence-electron chi connectivity index (χ3n) is 1.87. The number of hydrogen-bond donors (Lipinski definition) is 0. The van der Waals surface area contributed by atoms with Crippen LogP contribution < -0.4 is 0 Å². The van der Waals surface area contributed by atoms with Crippen LogP contribution in [0.5, 0.6) is 0 Å². The molecule has 0 spiro atoms. The second-order valence-corrected chi connectivity index (χ2v) is 2.62. The van der Waals surface area contributed by atoms with E-state index >= 15 is 0 Å². The Hall–Kier alpha value is -1.50. The first-order chi connectivity index (χ1) is 6.74. The zero-order valence-electron chi connectivity index (χ0n) is 9.21. The molecule has 0 N–H and O–H groups in total. The van der Waals surface area contributed by atoms with Gasteiger partial charge in [-0.1, -0.05) is 37.5 Å². The third kappa shape index (κ3) is 3.09. The molecule has 0 amide bonds. The quantitative estimate of drug-likeness (QED) is 0.473. The van der Waals surface area contributed by atoms with Crippen molar-refractivity contribution < 1.29 is 4.74 Å². The largest absolute Gasteiger partial charge is 0.496 e. The Labute approximate surface area is 86.8 Å². The van der Waals surface area contributed by atoms with Gasteiger partial charge >= 0.3 is 0 Å². The summed E-state index contributed by atoms with van der Waals surface area (Å²) in [6.07, 6.45) is 9.37. The summed E-state index contributed by atoms with van der Waals surface area (Å²) in [6.45, 7) is 11.3. The maximum absolute atomic E-state index is 5.26. The van der Waals surface area contributed by atoms with Crippen LogP contribution in [0.4, 0.5) is 0 Å². The molecule has 0 radical (unpaired) electrons. The molecular formula is C13H18O. The van der Waals surface area contributed by atoms with Crippen molar-refractivity contribution in [1.29, 1.82) is 0 Å². The lowest BCUT2D eigenvalue weighted by molar-refractivity contribution is 0.301. The molecule has 0 bridgehead atoms. The smallest absolute Gasteiger partial charge is 0.122 e. The van der Waals surface area contributed by atoms with Gasteiger partial charge in [0.15, 0.2) is 0 Å². The molecule has 0 atom stereocenters. The zero-order valence-corrected chi connectivity index (χ0v) is 9.21. The molecule has 1 heteroatoms. The molecule has 0 aromatic heterocycles. The average Bonchev–Trinajstić information content (AvgIpc) is 2.21. The normalized spacial score (nSPS) is 13.8. The summed E-state index contributed by atoms with van der Waals surface area (Å²) in [6, 6.07) is 0. The maximum Gasteiger partial charge on any atom is 0.122 e. The molecule has 0 saturated heterocycles. The first kappa shape index (κ1) is 12.5. The van der Waals surface area contributed by atoms with E-state index in [0.29, 0.717) is 0 Å². The summed E-state index contributed by atoms with van der Waals surface area (Å²) in [7, 11) is 1.66. The highest BCUT2D eigenvalue weighted by atomic mass is 16.5. The van der Waals surface area contributed by atoms with Gasteiger partial charge in [0.1, 0.15) is 5.76 Å². The van der Waals surface area contributed by atoms with E-state index in [1.165, 1.54) is 0 Å². The van der Waals surface area contributed by atoms with Crippen molar-refractivity contribution in [2.24, 2.45) is 0 Å². The van der Waals surface area contributed by atoms with Gasteiger partial charge in [-0.15, -0.1) is 0 Å². The minimum absolute atomic E-state index is 0.831. The van der Waals surface area contributed by atoms with Crippen LogP contribution in [0.1, 0.15) is 13.8 Å². The van der Waals surface area contributed by atoms with Crippen LogP contribution >= 0.6 is 0 Å². The molecule has 0 unspecified atom stereocenters. The second kappa shape index (κ2) is 6.96. The Bertz CT molecular complexity index is 290. The summed E-state index contributed by atoms with van der Waals surface area (Å²) in [5, 5.41) is 0. The minimum atomic E-state index is 0.831. The summed E-state index contributed by atoms with van der Waals surface area (Å²) >= 11 is 0. The lowest BCUT2D eigenvalue weighted by Crippen LogP contribution is -1.94.